The molecule has 90 valence electrons. The molecule has 0 aliphatic rings. The Morgan fingerprint density at radius 3 is 2.62 bits per heavy atom. The van der Waals surface area contributed by atoms with E-state index in [2.05, 4.69) is 5.32 Å². The lowest BCUT2D eigenvalue weighted by Crippen LogP contribution is -2.14. The fourth-order valence-electron chi connectivity index (χ4n) is 1.20. The van der Waals surface area contributed by atoms with E-state index in [1.54, 1.807) is 25.3 Å². The molecule has 0 fully saturated rings. The zero-order chi connectivity index (χ0) is 12.2. The van der Waals surface area contributed by atoms with Crippen molar-refractivity contribution in [2.75, 3.05) is 36.7 Å². The van der Waals surface area contributed by atoms with Crippen LogP contribution in [0.5, 0.6) is 5.75 Å². The van der Waals surface area contributed by atoms with Gasteiger partial charge in [-0.3, -0.25) is 0 Å². The molecule has 0 saturated heterocycles. The van der Waals surface area contributed by atoms with Crippen molar-refractivity contribution in [2.24, 2.45) is 0 Å². The maximum atomic E-state index is 10.9. The molecule has 0 aliphatic heterocycles. The van der Waals surface area contributed by atoms with Gasteiger partial charge in [0.25, 0.3) is 0 Å². The van der Waals surface area contributed by atoms with Gasteiger partial charge in [-0.2, -0.15) is 0 Å². The van der Waals surface area contributed by atoms with Crippen molar-refractivity contribution in [3.63, 3.8) is 0 Å². The van der Waals surface area contributed by atoms with Gasteiger partial charge in [-0.15, -0.1) is 0 Å². The number of methoxy groups -OCH3 is 1. The Labute approximate surface area is 95.5 Å². The zero-order valence-corrected chi connectivity index (χ0v) is 10.2. The van der Waals surface area contributed by atoms with Crippen molar-refractivity contribution in [1.82, 2.24) is 0 Å². The van der Waals surface area contributed by atoms with Crippen LogP contribution in [0.2, 0.25) is 0 Å². The summed E-state index contributed by atoms with van der Waals surface area (Å²) in [7, 11) is -1.39. The van der Waals surface area contributed by atoms with E-state index in [0.717, 1.165) is 0 Å². The summed E-state index contributed by atoms with van der Waals surface area (Å²) in [5.41, 5.74) is 7.00. The molecule has 5 nitrogen and oxygen atoms in total. The highest BCUT2D eigenvalue weighted by Gasteiger charge is 2.03. The highest BCUT2D eigenvalue weighted by molar-refractivity contribution is 7.90. The van der Waals surface area contributed by atoms with Crippen LogP contribution in [0.4, 0.5) is 11.4 Å². The number of rotatable bonds is 5. The lowest BCUT2D eigenvalue weighted by molar-refractivity contribution is 0.415. The van der Waals surface area contributed by atoms with Crippen LogP contribution < -0.4 is 15.8 Å². The fraction of sp³-hybridized carbons (Fsp3) is 0.400. The van der Waals surface area contributed by atoms with Crippen molar-refractivity contribution in [3.8, 4) is 5.75 Å². The van der Waals surface area contributed by atoms with Crippen molar-refractivity contribution in [3.05, 3.63) is 18.2 Å². The summed E-state index contributed by atoms with van der Waals surface area (Å²) in [5.74, 6) is 0.754. The van der Waals surface area contributed by atoms with Gasteiger partial charge in [0.2, 0.25) is 0 Å². The number of hydrogen-bond acceptors (Lipinski definition) is 5. The SMILES string of the molecule is COc1ccc(NCCS(C)(=O)=O)c(N)c1. The van der Waals surface area contributed by atoms with Crippen LogP contribution in [0, 0.1) is 0 Å². The van der Waals surface area contributed by atoms with Crippen molar-refractivity contribution >= 4 is 21.2 Å². The van der Waals surface area contributed by atoms with Crippen LogP contribution in [0.1, 0.15) is 0 Å². The topological polar surface area (TPSA) is 81.4 Å². The number of sulfone groups is 1. The van der Waals surface area contributed by atoms with Crippen LogP contribution >= 0.6 is 0 Å². The van der Waals surface area contributed by atoms with Crippen molar-refractivity contribution < 1.29 is 13.2 Å². The Balaban J connectivity index is 2.61. The van der Waals surface area contributed by atoms with Gasteiger partial charge in [-0.05, 0) is 12.1 Å². The quantitative estimate of drug-likeness (QED) is 0.746. The maximum absolute atomic E-state index is 10.9. The molecule has 0 heterocycles. The Morgan fingerprint density at radius 2 is 2.12 bits per heavy atom. The molecule has 0 atom stereocenters. The number of nitrogens with two attached hydrogens (primary N) is 1. The van der Waals surface area contributed by atoms with Gasteiger partial charge < -0.3 is 15.8 Å². The predicted octanol–water partition coefficient (Wildman–Crippen LogP) is 0.734. The molecule has 0 aliphatic carbocycles. The summed E-state index contributed by atoms with van der Waals surface area (Å²) >= 11 is 0. The van der Waals surface area contributed by atoms with E-state index in [9.17, 15) is 8.42 Å². The lowest BCUT2D eigenvalue weighted by Gasteiger charge is -2.09. The molecule has 6 heteroatoms. The zero-order valence-electron chi connectivity index (χ0n) is 9.36. The second kappa shape index (κ2) is 5.07. The van der Waals surface area contributed by atoms with Gasteiger partial charge in [-0.25, -0.2) is 8.42 Å². The molecule has 0 saturated carbocycles. The molecular formula is C10H16N2O3S. The Morgan fingerprint density at radius 1 is 1.44 bits per heavy atom. The highest BCUT2D eigenvalue weighted by Crippen LogP contribution is 2.23. The molecule has 0 bridgehead atoms. The third-order valence-corrected chi connectivity index (χ3v) is 2.99. The van der Waals surface area contributed by atoms with E-state index >= 15 is 0 Å². The first-order valence-corrected chi connectivity index (χ1v) is 6.83. The first-order valence-electron chi connectivity index (χ1n) is 4.77. The number of anilines is 2. The Bertz CT molecular complexity index is 457. The van der Waals surface area contributed by atoms with Crippen molar-refractivity contribution in [1.29, 1.82) is 0 Å². The molecule has 0 spiro atoms. The standard InChI is InChI=1S/C10H16N2O3S/c1-15-8-3-4-10(9(11)7-8)12-5-6-16(2,13)14/h3-4,7,12H,5-6,11H2,1-2H3. The summed E-state index contributed by atoms with van der Waals surface area (Å²) in [5, 5.41) is 2.96. The highest BCUT2D eigenvalue weighted by atomic mass is 32.2. The molecular weight excluding hydrogens is 228 g/mol. The second-order valence-corrected chi connectivity index (χ2v) is 5.77. The van der Waals surface area contributed by atoms with Gasteiger partial charge in [0.15, 0.2) is 0 Å². The molecule has 1 aromatic rings. The van der Waals surface area contributed by atoms with Crippen LogP contribution in [-0.4, -0.2) is 34.1 Å². The van der Waals surface area contributed by atoms with Crippen LogP contribution in [0.15, 0.2) is 18.2 Å². The van der Waals surface area contributed by atoms with Gasteiger partial charge in [0.05, 0.1) is 24.2 Å². The van der Waals surface area contributed by atoms with Gasteiger partial charge in [-0.1, -0.05) is 0 Å². The van der Waals surface area contributed by atoms with E-state index in [0.29, 0.717) is 23.7 Å². The summed E-state index contributed by atoms with van der Waals surface area (Å²) in [4.78, 5) is 0. The summed E-state index contributed by atoms with van der Waals surface area (Å²) in [6, 6.07) is 5.21. The number of hydrogen-bond donors (Lipinski definition) is 2. The predicted molar refractivity (Wildman–Crippen MR) is 65.6 cm³/mol. The molecule has 0 unspecified atom stereocenters. The lowest BCUT2D eigenvalue weighted by atomic mass is 10.2. The number of nitrogens with one attached hydrogen (secondary N) is 1. The average molecular weight is 244 g/mol. The Hall–Kier alpha value is -1.43. The minimum atomic E-state index is -2.95. The summed E-state index contributed by atoms with van der Waals surface area (Å²) in [6.45, 7) is 0.343. The van der Waals surface area contributed by atoms with Gasteiger partial charge in [0, 0.05) is 18.9 Å². The van der Waals surface area contributed by atoms with Crippen LogP contribution in [0.25, 0.3) is 0 Å². The molecule has 16 heavy (non-hydrogen) atoms. The van der Waals surface area contributed by atoms with E-state index in [-0.39, 0.29) is 5.75 Å². The minimum Gasteiger partial charge on any atom is -0.497 e. The third kappa shape index (κ3) is 3.98. The molecule has 1 rings (SSSR count). The van der Waals surface area contributed by atoms with E-state index in [1.165, 1.54) is 6.26 Å². The first-order chi connectivity index (χ1) is 7.42. The normalized spacial score (nSPS) is 11.1. The van der Waals surface area contributed by atoms with Crippen LogP contribution in [0.3, 0.4) is 0 Å². The number of nitrogen functional groups attached to an aromatic ring is 1. The number of ether oxygens (including phenoxy) is 1. The molecule has 0 amide bonds. The molecule has 3 N–H and O–H groups in total. The third-order valence-electron chi connectivity index (χ3n) is 2.05. The van der Waals surface area contributed by atoms with E-state index < -0.39 is 9.84 Å². The summed E-state index contributed by atoms with van der Waals surface area (Å²) in [6.07, 6.45) is 1.20. The summed E-state index contributed by atoms with van der Waals surface area (Å²) < 4.78 is 26.8. The smallest absolute Gasteiger partial charge is 0.149 e. The monoisotopic (exact) mass is 244 g/mol. The molecule has 0 aromatic heterocycles. The number of benzene rings is 1. The largest absolute Gasteiger partial charge is 0.497 e. The van der Waals surface area contributed by atoms with E-state index in [1.807, 2.05) is 0 Å². The fourth-order valence-corrected chi connectivity index (χ4v) is 1.67. The Kier molecular flexibility index (Phi) is 4.00. The van der Waals surface area contributed by atoms with Gasteiger partial charge in [0.1, 0.15) is 15.6 Å². The maximum Gasteiger partial charge on any atom is 0.149 e. The first kappa shape index (κ1) is 12.6. The minimum absolute atomic E-state index is 0.0818. The average Bonchev–Trinajstić information content (AvgIpc) is 2.18. The van der Waals surface area contributed by atoms with Crippen molar-refractivity contribution in [2.45, 2.75) is 0 Å². The second-order valence-electron chi connectivity index (χ2n) is 3.51. The molecule has 0 radical (unpaired) electrons. The van der Waals surface area contributed by atoms with Crippen LogP contribution in [-0.2, 0) is 9.84 Å². The molecule has 1 aromatic carbocycles. The van der Waals surface area contributed by atoms with Gasteiger partial charge >= 0.3 is 0 Å². The van der Waals surface area contributed by atoms with E-state index in [4.69, 9.17) is 10.5 Å².